The van der Waals surface area contributed by atoms with Gasteiger partial charge in [-0.25, -0.2) is 0 Å². The summed E-state index contributed by atoms with van der Waals surface area (Å²) < 4.78 is 5.81. The monoisotopic (exact) mass is 279 g/mol. The first-order valence-electron chi connectivity index (χ1n) is 7.13. The third-order valence-electron chi connectivity index (χ3n) is 3.38. The van der Waals surface area contributed by atoms with Crippen molar-refractivity contribution in [2.24, 2.45) is 0 Å². The highest BCUT2D eigenvalue weighted by Crippen LogP contribution is 2.31. The van der Waals surface area contributed by atoms with Crippen LogP contribution in [0, 0.1) is 0 Å². The van der Waals surface area contributed by atoms with Gasteiger partial charge in [0.1, 0.15) is 5.75 Å². The van der Waals surface area contributed by atoms with E-state index in [1.54, 1.807) is 6.07 Å². The van der Waals surface area contributed by atoms with Crippen molar-refractivity contribution in [1.29, 1.82) is 0 Å². The summed E-state index contributed by atoms with van der Waals surface area (Å²) in [5.74, 6) is 0.892. The fourth-order valence-electron chi connectivity index (χ4n) is 2.36. The Kier molecular flexibility index (Phi) is 3.73. The minimum atomic E-state index is -0.0815. The lowest BCUT2D eigenvalue weighted by atomic mass is 10.0. The Labute approximate surface area is 123 Å². The van der Waals surface area contributed by atoms with Gasteiger partial charge in [-0.15, -0.1) is 0 Å². The van der Waals surface area contributed by atoms with Crippen molar-refractivity contribution in [2.75, 3.05) is 6.61 Å². The van der Waals surface area contributed by atoms with E-state index in [-0.39, 0.29) is 5.56 Å². The summed E-state index contributed by atoms with van der Waals surface area (Å²) in [7, 11) is 0. The van der Waals surface area contributed by atoms with Gasteiger partial charge in [-0.2, -0.15) is 0 Å². The largest absolute Gasteiger partial charge is 0.493 e. The number of ether oxygens (including phenoxy) is 1. The molecule has 0 amide bonds. The first kappa shape index (κ1) is 13.4. The van der Waals surface area contributed by atoms with Crippen LogP contribution in [0.1, 0.15) is 13.3 Å². The summed E-state index contributed by atoms with van der Waals surface area (Å²) in [5.41, 5.74) is 2.92. The quantitative estimate of drug-likeness (QED) is 0.784. The lowest BCUT2D eigenvalue weighted by Gasteiger charge is -2.11. The average molecular weight is 279 g/mol. The topological polar surface area (TPSA) is 42.1 Å². The van der Waals surface area contributed by atoms with Crippen LogP contribution in [0.25, 0.3) is 22.0 Å². The highest BCUT2D eigenvalue weighted by atomic mass is 16.5. The molecule has 0 atom stereocenters. The Balaban J connectivity index is 2.08. The number of hydrogen-bond acceptors (Lipinski definition) is 2. The smallest absolute Gasteiger partial charge is 0.248 e. The average Bonchev–Trinajstić information content (AvgIpc) is 2.52. The molecule has 0 bridgehead atoms. The summed E-state index contributed by atoms with van der Waals surface area (Å²) in [5, 5.41) is 1.01. The number of fused-ring (bicyclic) bond motifs is 1. The van der Waals surface area contributed by atoms with Gasteiger partial charge >= 0.3 is 0 Å². The molecular weight excluding hydrogens is 262 g/mol. The zero-order valence-electron chi connectivity index (χ0n) is 11.9. The fraction of sp³-hybridized carbons (Fsp3) is 0.167. The highest BCUT2D eigenvalue weighted by Gasteiger charge is 2.06. The first-order valence-corrected chi connectivity index (χ1v) is 7.13. The number of aromatic amines is 1. The molecule has 1 aromatic heterocycles. The van der Waals surface area contributed by atoms with Crippen molar-refractivity contribution in [3.8, 4) is 16.9 Å². The van der Waals surface area contributed by atoms with Crippen LogP contribution in [0.15, 0.2) is 59.4 Å². The van der Waals surface area contributed by atoms with E-state index in [0.717, 1.165) is 34.2 Å². The lowest BCUT2D eigenvalue weighted by Crippen LogP contribution is -2.02. The molecule has 21 heavy (non-hydrogen) atoms. The van der Waals surface area contributed by atoms with Crippen LogP contribution in [-0.2, 0) is 0 Å². The summed E-state index contributed by atoms with van der Waals surface area (Å²) in [6.45, 7) is 2.80. The first-order chi connectivity index (χ1) is 10.3. The third kappa shape index (κ3) is 2.82. The molecule has 0 aliphatic rings. The molecule has 0 aliphatic heterocycles. The second-order valence-corrected chi connectivity index (χ2v) is 4.97. The molecule has 1 N–H and O–H groups in total. The van der Waals surface area contributed by atoms with E-state index in [0.29, 0.717) is 6.61 Å². The maximum Gasteiger partial charge on any atom is 0.248 e. The highest BCUT2D eigenvalue weighted by molar-refractivity contribution is 5.85. The van der Waals surface area contributed by atoms with Gasteiger partial charge in [-0.1, -0.05) is 31.2 Å². The number of aromatic nitrogens is 1. The SMILES string of the molecule is CCCOc1ccccc1-c1ccc2[nH]c(=O)ccc2c1. The Morgan fingerprint density at radius 1 is 1.05 bits per heavy atom. The predicted molar refractivity (Wildman–Crippen MR) is 85.8 cm³/mol. The lowest BCUT2D eigenvalue weighted by molar-refractivity contribution is 0.318. The van der Waals surface area contributed by atoms with Crippen LogP contribution in [0.5, 0.6) is 5.75 Å². The number of rotatable bonds is 4. The fourth-order valence-corrected chi connectivity index (χ4v) is 2.36. The maximum absolute atomic E-state index is 11.3. The molecule has 2 aromatic carbocycles. The minimum absolute atomic E-state index is 0.0815. The molecule has 0 spiro atoms. The van der Waals surface area contributed by atoms with E-state index in [1.807, 2.05) is 36.4 Å². The molecule has 0 saturated carbocycles. The van der Waals surface area contributed by atoms with Gasteiger partial charge in [0.25, 0.3) is 0 Å². The maximum atomic E-state index is 11.3. The molecule has 0 saturated heterocycles. The predicted octanol–water partition coefficient (Wildman–Crippen LogP) is 3.98. The zero-order valence-corrected chi connectivity index (χ0v) is 11.9. The number of nitrogens with one attached hydrogen (secondary N) is 1. The number of benzene rings is 2. The third-order valence-corrected chi connectivity index (χ3v) is 3.38. The van der Waals surface area contributed by atoms with E-state index < -0.39 is 0 Å². The molecular formula is C18H17NO2. The zero-order chi connectivity index (χ0) is 14.7. The Bertz CT molecular complexity index is 821. The van der Waals surface area contributed by atoms with Gasteiger partial charge in [0.15, 0.2) is 0 Å². The van der Waals surface area contributed by atoms with Gasteiger partial charge in [-0.3, -0.25) is 4.79 Å². The van der Waals surface area contributed by atoms with E-state index in [2.05, 4.69) is 24.0 Å². The van der Waals surface area contributed by atoms with Crippen LogP contribution >= 0.6 is 0 Å². The van der Waals surface area contributed by atoms with Crippen LogP contribution in [-0.4, -0.2) is 11.6 Å². The van der Waals surface area contributed by atoms with Crippen LogP contribution in [0.2, 0.25) is 0 Å². The van der Waals surface area contributed by atoms with Gasteiger partial charge in [0.2, 0.25) is 5.56 Å². The van der Waals surface area contributed by atoms with Gasteiger partial charge in [0.05, 0.1) is 6.61 Å². The Hall–Kier alpha value is -2.55. The standard InChI is InChI=1S/C18H17NO2/c1-2-11-21-17-6-4-3-5-15(17)13-7-9-16-14(12-13)8-10-18(20)19-16/h3-10,12H,2,11H2,1H3,(H,19,20). The Morgan fingerprint density at radius 3 is 2.76 bits per heavy atom. The van der Waals surface area contributed by atoms with E-state index in [9.17, 15) is 4.79 Å². The minimum Gasteiger partial charge on any atom is -0.493 e. The van der Waals surface area contributed by atoms with Crippen LogP contribution < -0.4 is 10.3 Å². The van der Waals surface area contributed by atoms with E-state index >= 15 is 0 Å². The molecule has 106 valence electrons. The summed E-state index contributed by atoms with van der Waals surface area (Å²) >= 11 is 0. The normalized spacial score (nSPS) is 10.7. The molecule has 0 fully saturated rings. The second-order valence-electron chi connectivity index (χ2n) is 4.97. The van der Waals surface area contributed by atoms with Gasteiger partial charge in [0, 0.05) is 17.1 Å². The number of para-hydroxylation sites is 1. The molecule has 3 heteroatoms. The van der Waals surface area contributed by atoms with Crippen molar-refractivity contribution in [1.82, 2.24) is 4.98 Å². The van der Waals surface area contributed by atoms with Crippen LogP contribution in [0.4, 0.5) is 0 Å². The summed E-state index contributed by atoms with van der Waals surface area (Å²) in [4.78, 5) is 14.2. The van der Waals surface area contributed by atoms with Crippen molar-refractivity contribution in [3.63, 3.8) is 0 Å². The van der Waals surface area contributed by atoms with Gasteiger partial charge < -0.3 is 9.72 Å². The van der Waals surface area contributed by atoms with E-state index in [1.165, 1.54) is 0 Å². The van der Waals surface area contributed by atoms with Crippen molar-refractivity contribution in [2.45, 2.75) is 13.3 Å². The summed E-state index contributed by atoms with van der Waals surface area (Å²) in [6.07, 6.45) is 0.979. The molecule has 1 heterocycles. The molecule has 0 radical (unpaired) electrons. The summed E-state index contributed by atoms with van der Waals surface area (Å²) in [6, 6.07) is 17.4. The number of hydrogen-bond donors (Lipinski definition) is 1. The van der Waals surface area contributed by atoms with Gasteiger partial charge in [-0.05, 0) is 41.6 Å². The van der Waals surface area contributed by atoms with Crippen molar-refractivity contribution < 1.29 is 4.74 Å². The number of H-pyrrole nitrogens is 1. The molecule has 0 unspecified atom stereocenters. The Morgan fingerprint density at radius 2 is 1.90 bits per heavy atom. The molecule has 0 aliphatic carbocycles. The van der Waals surface area contributed by atoms with E-state index in [4.69, 9.17) is 4.74 Å². The van der Waals surface area contributed by atoms with Crippen molar-refractivity contribution in [3.05, 3.63) is 65.0 Å². The number of pyridine rings is 1. The van der Waals surface area contributed by atoms with Crippen LogP contribution in [0.3, 0.4) is 0 Å². The molecule has 3 aromatic rings. The molecule has 3 nitrogen and oxygen atoms in total. The molecule has 3 rings (SSSR count). The second kappa shape index (κ2) is 5.83. The van der Waals surface area contributed by atoms with Crippen molar-refractivity contribution >= 4 is 10.9 Å².